The van der Waals surface area contributed by atoms with Gasteiger partial charge in [-0.3, -0.25) is 9.78 Å². The Morgan fingerprint density at radius 2 is 1.91 bits per heavy atom. The van der Waals surface area contributed by atoms with Gasteiger partial charge in [0, 0.05) is 43.4 Å². The second-order valence-corrected chi connectivity index (χ2v) is 11.1. The second-order valence-electron chi connectivity index (χ2n) is 9.83. The lowest BCUT2D eigenvalue weighted by atomic mass is 9.84. The number of carbonyl (C=O) groups is 1. The van der Waals surface area contributed by atoms with Gasteiger partial charge in [0.2, 0.25) is 5.91 Å². The van der Waals surface area contributed by atoms with Crippen LogP contribution < -0.4 is 5.32 Å². The van der Waals surface area contributed by atoms with E-state index in [2.05, 4.69) is 25.4 Å². The van der Waals surface area contributed by atoms with E-state index in [0.717, 1.165) is 80.3 Å². The van der Waals surface area contributed by atoms with Crippen LogP contribution in [-0.4, -0.2) is 57.8 Å². The summed E-state index contributed by atoms with van der Waals surface area (Å²) >= 11 is 1.47. The highest BCUT2D eigenvalue weighted by atomic mass is 32.1. The van der Waals surface area contributed by atoms with Crippen molar-refractivity contribution in [3.8, 4) is 0 Å². The van der Waals surface area contributed by atoms with E-state index in [9.17, 15) is 18.0 Å². The van der Waals surface area contributed by atoms with Crippen molar-refractivity contribution in [1.82, 2.24) is 25.4 Å². The van der Waals surface area contributed by atoms with Crippen molar-refractivity contribution in [1.29, 1.82) is 0 Å². The van der Waals surface area contributed by atoms with Crippen LogP contribution in [0.4, 0.5) is 13.2 Å². The molecule has 1 aliphatic heterocycles. The lowest BCUT2D eigenvalue weighted by molar-refractivity contribution is -0.134. The summed E-state index contributed by atoms with van der Waals surface area (Å²) in [5.41, 5.74) is 2.67. The van der Waals surface area contributed by atoms with Crippen LogP contribution in [-0.2, 0) is 30.5 Å². The number of nitrogens with one attached hydrogen (secondary N) is 1. The molecule has 1 fully saturated rings. The van der Waals surface area contributed by atoms with Crippen LogP contribution in [0.3, 0.4) is 0 Å². The first-order chi connectivity index (χ1) is 16.7. The van der Waals surface area contributed by atoms with Gasteiger partial charge in [-0.05, 0) is 76.0 Å². The number of fused-ring (bicyclic) bond motifs is 1. The second kappa shape index (κ2) is 11.8. The SMILES string of the molecule is Cc1nnc(CC(=O)N[C@H]2CC[C@H](CCN3CCc4ccc(CCC(F)(F)F)nc4CC3)CC2)s1. The fourth-order valence-corrected chi connectivity index (χ4v) is 5.80. The minimum absolute atomic E-state index is 0.0314. The maximum absolute atomic E-state index is 12.5. The minimum Gasteiger partial charge on any atom is -0.353 e. The standard InChI is InChI=1S/C25H34F3N5OS/c1-17-31-32-24(35-17)16-23(34)30-20-5-2-18(3-6-20)9-13-33-14-10-19-4-7-21(8-12-25(26,27)28)29-22(19)11-15-33/h4,7,18,20H,2-3,5-6,8-16H2,1H3,(H,30,34)/t18-,20-. The number of hydrogen-bond donors (Lipinski definition) is 1. The summed E-state index contributed by atoms with van der Waals surface area (Å²) in [6.07, 6.45) is 2.41. The molecule has 0 saturated heterocycles. The first-order valence-electron chi connectivity index (χ1n) is 12.6. The summed E-state index contributed by atoms with van der Waals surface area (Å²) in [5.74, 6) is 0.704. The van der Waals surface area contributed by atoms with Crippen molar-refractivity contribution in [2.45, 2.75) is 83.4 Å². The molecule has 3 heterocycles. The van der Waals surface area contributed by atoms with Crippen LogP contribution in [0.1, 0.15) is 65.5 Å². The Kier molecular flexibility index (Phi) is 8.75. The van der Waals surface area contributed by atoms with Gasteiger partial charge in [-0.25, -0.2) is 0 Å². The molecule has 2 aromatic heterocycles. The molecule has 1 aliphatic carbocycles. The number of rotatable bonds is 8. The molecule has 0 aromatic carbocycles. The van der Waals surface area contributed by atoms with Crippen molar-refractivity contribution in [2.24, 2.45) is 5.92 Å². The molecule has 35 heavy (non-hydrogen) atoms. The van der Waals surface area contributed by atoms with E-state index in [1.807, 2.05) is 13.0 Å². The van der Waals surface area contributed by atoms with E-state index in [0.29, 0.717) is 18.0 Å². The fourth-order valence-electron chi connectivity index (χ4n) is 5.09. The monoisotopic (exact) mass is 509 g/mol. The first-order valence-corrected chi connectivity index (χ1v) is 13.4. The van der Waals surface area contributed by atoms with E-state index >= 15 is 0 Å². The third-order valence-electron chi connectivity index (χ3n) is 7.10. The molecule has 1 amide bonds. The third-order valence-corrected chi connectivity index (χ3v) is 7.94. The van der Waals surface area contributed by atoms with Gasteiger partial charge in [-0.1, -0.05) is 6.07 Å². The van der Waals surface area contributed by atoms with Gasteiger partial charge in [0.15, 0.2) is 0 Å². The molecule has 6 nitrogen and oxygen atoms in total. The molecule has 0 spiro atoms. The number of carbonyl (C=O) groups excluding carboxylic acids is 1. The van der Waals surface area contributed by atoms with Crippen molar-refractivity contribution >= 4 is 17.2 Å². The van der Waals surface area contributed by atoms with Gasteiger partial charge < -0.3 is 10.2 Å². The number of pyridine rings is 1. The van der Waals surface area contributed by atoms with Crippen LogP contribution >= 0.6 is 11.3 Å². The lowest BCUT2D eigenvalue weighted by Gasteiger charge is -2.30. The Morgan fingerprint density at radius 1 is 1.14 bits per heavy atom. The van der Waals surface area contributed by atoms with E-state index < -0.39 is 12.6 Å². The third kappa shape index (κ3) is 8.24. The van der Waals surface area contributed by atoms with Crippen LogP contribution in [0, 0.1) is 12.8 Å². The predicted molar refractivity (Wildman–Crippen MR) is 129 cm³/mol. The summed E-state index contributed by atoms with van der Waals surface area (Å²) in [6.45, 7) is 4.79. The molecule has 0 atom stereocenters. The zero-order chi connectivity index (χ0) is 24.8. The van der Waals surface area contributed by atoms with Crippen molar-refractivity contribution < 1.29 is 18.0 Å². The minimum atomic E-state index is -4.14. The first kappa shape index (κ1) is 26.0. The van der Waals surface area contributed by atoms with Crippen molar-refractivity contribution in [2.75, 3.05) is 19.6 Å². The van der Waals surface area contributed by atoms with Gasteiger partial charge >= 0.3 is 6.18 Å². The zero-order valence-electron chi connectivity index (χ0n) is 20.2. The lowest BCUT2D eigenvalue weighted by Crippen LogP contribution is -2.39. The Balaban J connectivity index is 1.16. The van der Waals surface area contributed by atoms with Crippen molar-refractivity contribution in [3.63, 3.8) is 0 Å². The number of aryl methyl sites for hydroxylation is 2. The number of halogens is 3. The topological polar surface area (TPSA) is 71.0 Å². The van der Waals surface area contributed by atoms with Crippen LogP contribution in [0.2, 0.25) is 0 Å². The van der Waals surface area contributed by atoms with Crippen LogP contribution in [0.5, 0.6) is 0 Å². The smallest absolute Gasteiger partial charge is 0.353 e. The maximum atomic E-state index is 12.5. The molecular formula is C25H34F3N5OS. The molecule has 4 rings (SSSR count). The quantitative estimate of drug-likeness (QED) is 0.570. The molecule has 0 unspecified atom stereocenters. The highest BCUT2D eigenvalue weighted by Gasteiger charge is 2.27. The Morgan fingerprint density at radius 3 is 2.63 bits per heavy atom. The van der Waals surface area contributed by atoms with Gasteiger partial charge in [-0.2, -0.15) is 13.2 Å². The Hall–Kier alpha value is -2.07. The number of aromatic nitrogens is 3. The zero-order valence-corrected chi connectivity index (χ0v) is 21.1. The predicted octanol–water partition coefficient (Wildman–Crippen LogP) is 4.44. The van der Waals surface area contributed by atoms with Crippen LogP contribution in [0.25, 0.3) is 0 Å². The molecule has 2 aliphatic rings. The van der Waals surface area contributed by atoms with Crippen molar-refractivity contribution in [3.05, 3.63) is 39.1 Å². The van der Waals surface area contributed by atoms with Gasteiger partial charge in [-0.15, -0.1) is 21.5 Å². The number of amides is 1. The molecule has 0 radical (unpaired) electrons. The van der Waals surface area contributed by atoms with Gasteiger partial charge in [0.05, 0.1) is 6.42 Å². The maximum Gasteiger partial charge on any atom is 0.389 e. The van der Waals surface area contributed by atoms with E-state index in [-0.39, 0.29) is 18.4 Å². The number of hydrogen-bond acceptors (Lipinski definition) is 6. The van der Waals surface area contributed by atoms with Gasteiger partial charge in [0.1, 0.15) is 10.0 Å². The molecule has 192 valence electrons. The summed E-state index contributed by atoms with van der Waals surface area (Å²) in [4.78, 5) is 19.3. The average molecular weight is 510 g/mol. The van der Waals surface area contributed by atoms with Crippen LogP contribution in [0.15, 0.2) is 12.1 Å². The molecule has 1 N–H and O–H groups in total. The van der Waals surface area contributed by atoms with E-state index in [4.69, 9.17) is 0 Å². The fraction of sp³-hybridized carbons (Fsp3) is 0.680. The highest BCUT2D eigenvalue weighted by Crippen LogP contribution is 2.28. The summed E-state index contributed by atoms with van der Waals surface area (Å²) < 4.78 is 37.6. The van der Waals surface area contributed by atoms with E-state index in [1.54, 1.807) is 6.07 Å². The van der Waals surface area contributed by atoms with Gasteiger partial charge in [0.25, 0.3) is 0 Å². The molecular weight excluding hydrogens is 475 g/mol. The summed E-state index contributed by atoms with van der Waals surface area (Å²) in [6, 6.07) is 3.98. The highest BCUT2D eigenvalue weighted by molar-refractivity contribution is 7.11. The number of alkyl halides is 3. The summed E-state index contributed by atoms with van der Waals surface area (Å²) in [5, 5.41) is 12.8. The average Bonchev–Trinajstić information content (AvgIpc) is 3.10. The normalized spacial score (nSPS) is 21.4. The largest absolute Gasteiger partial charge is 0.389 e. The molecule has 0 bridgehead atoms. The molecule has 2 aromatic rings. The molecule has 1 saturated carbocycles. The Labute approximate surface area is 208 Å². The molecule has 10 heteroatoms. The number of nitrogens with zero attached hydrogens (tertiary/aromatic N) is 4. The van der Waals surface area contributed by atoms with E-state index in [1.165, 1.54) is 16.9 Å². The Bertz CT molecular complexity index is 988. The summed E-state index contributed by atoms with van der Waals surface area (Å²) in [7, 11) is 0.